The summed E-state index contributed by atoms with van der Waals surface area (Å²) in [6.45, 7) is 9.21. The van der Waals surface area contributed by atoms with Gasteiger partial charge in [0.25, 0.3) is 0 Å². The molecule has 0 bridgehead atoms. The molecule has 81 valence electrons. The Bertz CT molecular complexity index is 256. The molecule has 1 aliphatic carbocycles. The Balaban J connectivity index is 2.68. The molecule has 0 heterocycles. The zero-order valence-corrected chi connectivity index (χ0v) is 11.4. The Morgan fingerprint density at radius 1 is 1.14 bits per heavy atom. The molecule has 14 heavy (non-hydrogen) atoms. The van der Waals surface area contributed by atoms with E-state index in [-0.39, 0.29) is 0 Å². The van der Waals surface area contributed by atoms with Crippen molar-refractivity contribution < 1.29 is 18.3 Å². The van der Waals surface area contributed by atoms with E-state index in [1.54, 1.807) is 11.1 Å². The molecule has 0 radical (unpaired) electrons. The first-order valence-electron chi connectivity index (χ1n) is 5.56. The quantitative estimate of drug-likeness (QED) is 0.676. The van der Waals surface area contributed by atoms with E-state index in [9.17, 15) is 0 Å². The van der Waals surface area contributed by atoms with Crippen molar-refractivity contribution in [2.45, 2.75) is 47.0 Å². The molecule has 0 fully saturated rings. The van der Waals surface area contributed by atoms with Crippen LogP contribution in [0.4, 0.5) is 0 Å². The molecule has 0 aromatic heterocycles. The molecule has 1 rings (SSSR count). The summed E-state index contributed by atoms with van der Waals surface area (Å²) in [4.78, 5) is 0. The molecule has 0 unspecified atom stereocenters. The van der Waals surface area contributed by atoms with Gasteiger partial charge in [-0.1, -0.05) is 0 Å². The monoisotopic (exact) mass is 279 g/mol. The molecular formula is C13H21Ru. The third-order valence-electron chi connectivity index (χ3n) is 2.47. The van der Waals surface area contributed by atoms with Crippen LogP contribution in [0.5, 0.6) is 0 Å². The van der Waals surface area contributed by atoms with E-state index in [1.165, 1.54) is 23.4 Å². The molecule has 0 atom stereocenters. The minimum absolute atomic E-state index is 0.775. The van der Waals surface area contributed by atoms with Crippen LogP contribution in [0, 0.1) is 11.8 Å². The van der Waals surface area contributed by atoms with Crippen LogP contribution in [0.15, 0.2) is 21.4 Å². The van der Waals surface area contributed by atoms with Gasteiger partial charge in [0.05, 0.1) is 0 Å². The predicted molar refractivity (Wildman–Crippen MR) is 58.6 cm³/mol. The van der Waals surface area contributed by atoms with E-state index in [4.69, 9.17) is 0 Å². The molecule has 0 aromatic carbocycles. The fourth-order valence-corrected chi connectivity index (χ4v) is 2.55. The van der Waals surface area contributed by atoms with Crippen LogP contribution in [-0.4, -0.2) is 0 Å². The molecule has 0 saturated carbocycles. The zero-order chi connectivity index (χ0) is 10.7. The second-order valence-electron chi connectivity index (χ2n) is 5.00. The fourth-order valence-electron chi connectivity index (χ4n) is 1.92. The van der Waals surface area contributed by atoms with Gasteiger partial charge in [0, 0.05) is 0 Å². The van der Waals surface area contributed by atoms with Gasteiger partial charge in [0.1, 0.15) is 0 Å². The maximum absolute atomic E-state index is 2.82. The zero-order valence-electron chi connectivity index (χ0n) is 9.71. The van der Waals surface area contributed by atoms with Crippen molar-refractivity contribution in [3.05, 3.63) is 21.4 Å². The van der Waals surface area contributed by atoms with Crippen molar-refractivity contribution in [2.24, 2.45) is 11.8 Å². The summed E-state index contributed by atoms with van der Waals surface area (Å²) in [5.74, 6) is 1.55. The van der Waals surface area contributed by atoms with Crippen LogP contribution >= 0.6 is 0 Å². The third-order valence-corrected chi connectivity index (χ3v) is 3.35. The Labute approximate surface area is 98.5 Å². The Hall–Kier alpha value is 0.103. The Kier molecular flexibility index (Phi) is 4.57. The van der Waals surface area contributed by atoms with Crippen LogP contribution in [0.1, 0.15) is 47.0 Å². The van der Waals surface area contributed by atoms with Crippen molar-refractivity contribution in [2.75, 3.05) is 0 Å². The van der Waals surface area contributed by atoms with Crippen molar-refractivity contribution >= 4 is 0 Å². The molecule has 0 spiro atoms. The first-order valence-corrected chi connectivity index (χ1v) is 6.43. The average Bonchev–Trinajstić information content (AvgIpc) is 2.34. The van der Waals surface area contributed by atoms with E-state index < -0.39 is 0 Å². The summed E-state index contributed by atoms with van der Waals surface area (Å²) in [7, 11) is 0. The summed E-state index contributed by atoms with van der Waals surface area (Å²) in [5, 5.41) is 0. The summed E-state index contributed by atoms with van der Waals surface area (Å²) in [6.07, 6.45) is 6.09. The van der Waals surface area contributed by atoms with Crippen molar-refractivity contribution in [3.63, 3.8) is 0 Å². The molecular weight excluding hydrogens is 257 g/mol. The van der Waals surface area contributed by atoms with E-state index >= 15 is 0 Å². The summed E-state index contributed by atoms with van der Waals surface area (Å²) in [6, 6.07) is 0. The van der Waals surface area contributed by atoms with E-state index in [0.717, 1.165) is 11.8 Å². The molecule has 0 nitrogen and oxygen atoms in total. The topological polar surface area (TPSA) is 0 Å². The Morgan fingerprint density at radius 3 is 2.21 bits per heavy atom. The first-order chi connectivity index (χ1) is 6.50. The van der Waals surface area contributed by atoms with Gasteiger partial charge >= 0.3 is 98.5 Å². The van der Waals surface area contributed by atoms with Gasteiger partial charge in [0.15, 0.2) is 0 Å². The van der Waals surface area contributed by atoms with Crippen LogP contribution in [0.2, 0.25) is 0 Å². The number of allylic oxidation sites excluding steroid dienone is 4. The fraction of sp³-hybridized carbons (Fsp3) is 0.692. The maximum atomic E-state index is 2.82. The normalized spacial score (nSPS) is 17.2. The van der Waals surface area contributed by atoms with Crippen molar-refractivity contribution in [1.82, 2.24) is 0 Å². The summed E-state index contributed by atoms with van der Waals surface area (Å²) in [5.41, 5.74) is 3.24. The van der Waals surface area contributed by atoms with Crippen molar-refractivity contribution in [3.8, 4) is 0 Å². The average molecular weight is 278 g/mol. The van der Waals surface area contributed by atoms with E-state index in [1.807, 2.05) is 0 Å². The molecule has 0 N–H and O–H groups in total. The number of rotatable bonds is 4. The van der Waals surface area contributed by atoms with Gasteiger partial charge in [-0.2, -0.15) is 0 Å². The summed E-state index contributed by atoms with van der Waals surface area (Å²) < 4.78 is 1.54. The Morgan fingerprint density at radius 2 is 1.71 bits per heavy atom. The van der Waals surface area contributed by atoms with Crippen LogP contribution in [0.3, 0.4) is 0 Å². The summed E-state index contributed by atoms with van der Waals surface area (Å²) >= 11 is 2.82. The van der Waals surface area contributed by atoms with Gasteiger partial charge in [0.2, 0.25) is 0 Å². The van der Waals surface area contributed by atoms with Gasteiger partial charge in [-0.05, 0) is 0 Å². The molecule has 0 amide bonds. The minimum atomic E-state index is 0.775. The van der Waals surface area contributed by atoms with Gasteiger partial charge in [-0.15, -0.1) is 0 Å². The SMILES string of the molecule is CC(C)CC1=CC[C]([Ru])=C1CC(C)C. The molecule has 0 aliphatic heterocycles. The second kappa shape index (κ2) is 5.26. The first kappa shape index (κ1) is 12.2. The number of hydrogen-bond acceptors (Lipinski definition) is 0. The van der Waals surface area contributed by atoms with E-state index in [0.29, 0.717) is 0 Å². The van der Waals surface area contributed by atoms with Gasteiger partial charge < -0.3 is 0 Å². The van der Waals surface area contributed by atoms with Gasteiger partial charge in [-0.3, -0.25) is 0 Å². The van der Waals surface area contributed by atoms with Crippen LogP contribution < -0.4 is 0 Å². The molecule has 0 saturated heterocycles. The second-order valence-corrected chi connectivity index (χ2v) is 6.05. The standard InChI is InChI=1S/C13H21.Ru/c1-10(2)8-12-6-5-7-13(12)9-11(3)4;/h6,10-11H,5,8-9H2,1-4H3;. The molecule has 1 aliphatic rings. The number of hydrogen-bond donors (Lipinski definition) is 0. The predicted octanol–water partition coefficient (Wildman–Crippen LogP) is 4.21. The van der Waals surface area contributed by atoms with E-state index in [2.05, 4.69) is 52.1 Å². The third kappa shape index (κ3) is 3.35. The van der Waals surface area contributed by atoms with Crippen molar-refractivity contribution in [1.29, 1.82) is 0 Å². The van der Waals surface area contributed by atoms with Gasteiger partial charge in [-0.25, -0.2) is 0 Å². The molecule has 0 aromatic rings. The molecule has 1 heteroatoms. The van der Waals surface area contributed by atoms with Crippen LogP contribution in [-0.2, 0) is 18.3 Å². The van der Waals surface area contributed by atoms with Crippen LogP contribution in [0.25, 0.3) is 0 Å².